The molecule has 0 radical (unpaired) electrons. The molecule has 23 heavy (non-hydrogen) atoms. The summed E-state index contributed by atoms with van der Waals surface area (Å²) in [5.41, 5.74) is 6.18. The maximum Gasteiger partial charge on any atom is 0.330 e. The van der Waals surface area contributed by atoms with Crippen molar-refractivity contribution in [3.8, 4) is 0 Å². The second-order valence-corrected chi connectivity index (χ2v) is 5.13. The van der Waals surface area contributed by atoms with Crippen molar-refractivity contribution in [3.63, 3.8) is 0 Å². The predicted octanol–water partition coefficient (Wildman–Crippen LogP) is 0.903. The molecule has 1 amide bonds. The number of nitrogens with one attached hydrogen (secondary N) is 1. The van der Waals surface area contributed by atoms with Gasteiger partial charge in [-0.15, -0.1) is 0 Å². The van der Waals surface area contributed by atoms with Gasteiger partial charge >= 0.3 is 5.97 Å². The van der Waals surface area contributed by atoms with Crippen LogP contribution < -0.4 is 11.1 Å². The Morgan fingerprint density at radius 2 is 1.96 bits per heavy atom. The summed E-state index contributed by atoms with van der Waals surface area (Å²) in [6.07, 6.45) is 2.99. The van der Waals surface area contributed by atoms with Gasteiger partial charge in [-0.2, -0.15) is 0 Å². The maximum atomic E-state index is 12.2. The minimum absolute atomic E-state index is 0.110. The highest BCUT2D eigenvalue weighted by Gasteiger charge is 2.37. The molecule has 7 heteroatoms. The van der Waals surface area contributed by atoms with Crippen LogP contribution in [0.15, 0.2) is 30.3 Å². The first-order valence-corrected chi connectivity index (χ1v) is 7.24. The van der Waals surface area contributed by atoms with Gasteiger partial charge in [-0.3, -0.25) is 4.79 Å². The fourth-order valence-electron chi connectivity index (χ4n) is 1.97. The average Bonchev–Trinajstić information content (AvgIpc) is 2.55. The zero-order valence-electron chi connectivity index (χ0n) is 12.9. The summed E-state index contributed by atoms with van der Waals surface area (Å²) in [7, 11) is 0. The number of hydrogen-bond acceptors (Lipinski definition) is 6. The molecule has 0 unspecified atom stereocenters. The van der Waals surface area contributed by atoms with Crippen molar-refractivity contribution in [3.05, 3.63) is 35.9 Å². The molecule has 0 bridgehead atoms. The van der Waals surface area contributed by atoms with Crippen LogP contribution in [-0.4, -0.2) is 44.0 Å². The first-order valence-electron chi connectivity index (χ1n) is 7.24. The van der Waals surface area contributed by atoms with E-state index in [1.165, 1.54) is 6.08 Å². The molecule has 0 saturated carbocycles. The van der Waals surface area contributed by atoms with Gasteiger partial charge < -0.3 is 25.3 Å². The molecule has 1 heterocycles. The monoisotopic (exact) mass is 320 g/mol. The lowest BCUT2D eigenvalue weighted by Gasteiger charge is -2.31. The van der Waals surface area contributed by atoms with Crippen LogP contribution in [0.5, 0.6) is 0 Å². The summed E-state index contributed by atoms with van der Waals surface area (Å²) in [5.74, 6) is -0.765. The van der Waals surface area contributed by atoms with E-state index in [-0.39, 0.29) is 25.9 Å². The fourth-order valence-corrected chi connectivity index (χ4v) is 1.97. The first-order chi connectivity index (χ1) is 11.0. The second kappa shape index (κ2) is 7.87. The molecule has 1 saturated heterocycles. The number of carbonyl (C=O) groups is 2. The molecule has 1 aromatic carbocycles. The highest BCUT2D eigenvalue weighted by atomic mass is 16.7. The Balaban J connectivity index is 1.94. The Labute approximate surface area is 134 Å². The van der Waals surface area contributed by atoms with Crippen LogP contribution in [0.2, 0.25) is 0 Å². The van der Waals surface area contributed by atoms with Gasteiger partial charge in [-0.25, -0.2) is 4.79 Å². The van der Waals surface area contributed by atoms with E-state index in [0.29, 0.717) is 12.3 Å². The molecule has 2 rings (SSSR count). The van der Waals surface area contributed by atoms with Crippen molar-refractivity contribution in [1.82, 2.24) is 0 Å². The van der Waals surface area contributed by atoms with Gasteiger partial charge in [0.1, 0.15) is 12.3 Å². The average molecular weight is 320 g/mol. The second-order valence-electron chi connectivity index (χ2n) is 5.13. The van der Waals surface area contributed by atoms with E-state index in [4.69, 9.17) is 19.9 Å². The Bertz CT molecular complexity index is 577. The van der Waals surface area contributed by atoms with Crippen molar-refractivity contribution in [2.75, 3.05) is 31.9 Å². The normalized spacial score (nSPS) is 17.0. The third kappa shape index (κ3) is 4.88. The van der Waals surface area contributed by atoms with E-state index < -0.39 is 11.5 Å². The van der Waals surface area contributed by atoms with Crippen LogP contribution in [0, 0.1) is 0 Å². The van der Waals surface area contributed by atoms with Crippen LogP contribution >= 0.6 is 0 Å². The third-order valence-corrected chi connectivity index (χ3v) is 3.21. The van der Waals surface area contributed by atoms with E-state index in [9.17, 15) is 9.59 Å². The highest BCUT2D eigenvalue weighted by molar-refractivity contribution is 5.98. The standard InChI is InChI=1S/C16H20N2O5/c1-2-23-14(19)8-5-12-3-6-13(7-4-12)18-15(20)16(17)9-21-11-22-10-16/h3-8H,2,9-11,17H2,1H3,(H,18,20)/b8-5+. The summed E-state index contributed by atoms with van der Waals surface area (Å²) < 4.78 is 15.0. The van der Waals surface area contributed by atoms with Crippen LogP contribution in [0.4, 0.5) is 5.69 Å². The smallest absolute Gasteiger partial charge is 0.330 e. The van der Waals surface area contributed by atoms with Gasteiger partial charge in [-0.05, 0) is 30.7 Å². The molecule has 0 spiro atoms. The highest BCUT2D eigenvalue weighted by Crippen LogP contribution is 2.15. The fraction of sp³-hybridized carbons (Fsp3) is 0.375. The molecule has 1 aliphatic heterocycles. The lowest BCUT2D eigenvalue weighted by molar-refractivity contribution is -0.153. The summed E-state index contributed by atoms with van der Waals surface area (Å²) in [4.78, 5) is 23.4. The molecule has 1 aliphatic rings. The molecule has 7 nitrogen and oxygen atoms in total. The van der Waals surface area contributed by atoms with Gasteiger partial charge in [0.15, 0.2) is 0 Å². The number of hydrogen-bond donors (Lipinski definition) is 2. The van der Waals surface area contributed by atoms with Crippen molar-refractivity contribution in [2.45, 2.75) is 12.5 Å². The molecular weight excluding hydrogens is 300 g/mol. The quantitative estimate of drug-likeness (QED) is 0.618. The number of esters is 1. The SMILES string of the molecule is CCOC(=O)/C=C/c1ccc(NC(=O)C2(N)COCOC2)cc1. The zero-order valence-corrected chi connectivity index (χ0v) is 12.9. The Kier molecular flexibility index (Phi) is 5.86. The number of carbonyl (C=O) groups excluding carboxylic acids is 2. The van der Waals surface area contributed by atoms with Crippen LogP contribution in [-0.2, 0) is 23.8 Å². The van der Waals surface area contributed by atoms with Crippen LogP contribution in [0.1, 0.15) is 12.5 Å². The zero-order chi connectivity index (χ0) is 16.7. The summed E-state index contributed by atoms with van der Waals surface area (Å²) in [6, 6.07) is 6.97. The minimum atomic E-state index is -1.19. The van der Waals surface area contributed by atoms with Crippen molar-refractivity contribution >= 4 is 23.6 Å². The lowest BCUT2D eigenvalue weighted by Crippen LogP contribution is -2.60. The Morgan fingerprint density at radius 1 is 1.30 bits per heavy atom. The third-order valence-electron chi connectivity index (χ3n) is 3.21. The van der Waals surface area contributed by atoms with E-state index in [2.05, 4.69) is 5.32 Å². The lowest BCUT2D eigenvalue weighted by atomic mass is 10.0. The first kappa shape index (κ1) is 17.1. The van der Waals surface area contributed by atoms with Crippen molar-refractivity contribution < 1.29 is 23.8 Å². The molecule has 1 aromatic rings. The number of rotatable bonds is 5. The maximum absolute atomic E-state index is 12.2. The number of ether oxygens (including phenoxy) is 3. The molecular formula is C16H20N2O5. The van der Waals surface area contributed by atoms with E-state index in [0.717, 1.165) is 5.56 Å². The van der Waals surface area contributed by atoms with E-state index in [1.807, 2.05) is 0 Å². The van der Waals surface area contributed by atoms with Gasteiger partial charge in [0.25, 0.3) is 0 Å². The molecule has 0 atom stereocenters. The minimum Gasteiger partial charge on any atom is -0.463 e. The summed E-state index contributed by atoms with van der Waals surface area (Å²) in [6.45, 7) is 2.45. The topological polar surface area (TPSA) is 99.9 Å². The van der Waals surface area contributed by atoms with Crippen molar-refractivity contribution in [2.24, 2.45) is 5.73 Å². The molecule has 124 valence electrons. The molecule has 1 fully saturated rings. The van der Waals surface area contributed by atoms with Gasteiger partial charge in [-0.1, -0.05) is 12.1 Å². The van der Waals surface area contributed by atoms with Gasteiger partial charge in [0.05, 0.1) is 19.8 Å². The Hall–Kier alpha value is -2.22. The number of nitrogens with two attached hydrogens (primary N) is 1. The number of anilines is 1. The van der Waals surface area contributed by atoms with Crippen LogP contribution in [0.3, 0.4) is 0 Å². The Morgan fingerprint density at radius 3 is 2.57 bits per heavy atom. The van der Waals surface area contributed by atoms with Gasteiger partial charge in [0, 0.05) is 11.8 Å². The molecule has 0 aromatic heterocycles. The summed E-state index contributed by atoms with van der Waals surface area (Å²) in [5, 5.41) is 2.72. The number of benzene rings is 1. The predicted molar refractivity (Wildman–Crippen MR) is 84.4 cm³/mol. The van der Waals surface area contributed by atoms with Crippen LogP contribution in [0.25, 0.3) is 6.08 Å². The van der Waals surface area contributed by atoms with E-state index >= 15 is 0 Å². The van der Waals surface area contributed by atoms with Gasteiger partial charge in [0.2, 0.25) is 5.91 Å². The number of amides is 1. The summed E-state index contributed by atoms with van der Waals surface area (Å²) >= 11 is 0. The molecule has 3 N–H and O–H groups in total. The largest absolute Gasteiger partial charge is 0.463 e. The van der Waals surface area contributed by atoms with Crippen molar-refractivity contribution in [1.29, 1.82) is 0 Å². The van der Waals surface area contributed by atoms with E-state index in [1.54, 1.807) is 37.3 Å². The molecule has 0 aliphatic carbocycles.